The molecule has 1 aliphatic heterocycles. The van der Waals surface area contributed by atoms with Crippen LogP contribution in [0.15, 0.2) is 79.5 Å². The lowest BCUT2D eigenvalue weighted by Crippen LogP contribution is -2.50. The molecule has 0 spiro atoms. The average molecular weight is 545 g/mol. The van der Waals surface area contributed by atoms with Crippen molar-refractivity contribution < 1.29 is 4.79 Å². The van der Waals surface area contributed by atoms with E-state index in [1.807, 2.05) is 79.2 Å². The first-order chi connectivity index (χ1) is 19.9. The summed E-state index contributed by atoms with van der Waals surface area (Å²) in [6.45, 7) is 6.99. The van der Waals surface area contributed by atoms with E-state index >= 15 is 0 Å². The third-order valence-electron chi connectivity index (χ3n) is 7.84. The molecule has 9 nitrogen and oxygen atoms in total. The van der Waals surface area contributed by atoms with Gasteiger partial charge in [0.25, 0.3) is 0 Å². The van der Waals surface area contributed by atoms with Crippen LogP contribution < -0.4 is 4.90 Å². The number of piperazine rings is 1. The van der Waals surface area contributed by atoms with Gasteiger partial charge < -0.3 is 9.80 Å². The summed E-state index contributed by atoms with van der Waals surface area (Å²) in [6.07, 6.45) is 9.13. The van der Waals surface area contributed by atoms with Crippen molar-refractivity contribution in [3.05, 3.63) is 90.6 Å². The van der Waals surface area contributed by atoms with Crippen LogP contribution in [0.5, 0.6) is 0 Å². The Balaban J connectivity index is 1.22. The molecule has 0 radical (unpaired) electrons. The number of aryl methyl sites for hydroxylation is 1. The van der Waals surface area contributed by atoms with Gasteiger partial charge in [-0.25, -0.2) is 9.50 Å². The summed E-state index contributed by atoms with van der Waals surface area (Å²) in [5, 5.41) is 18.5. The predicted octanol–water partition coefficient (Wildman–Crippen LogP) is 4.76. The Hall–Kier alpha value is -4.97. The third-order valence-corrected chi connectivity index (χ3v) is 7.84. The zero-order chi connectivity index (χ0) is 28.5. The molecule has 1 unspecified atom stereocenters. The number of nitrogens with zero attached hydrogens (tertiary/aromatic N) is 8. The summed E-state index contributed by atoms with van der Waals surface area (Å²) < 4.78 is 3.51. The first kappa shape index (κ1) is 26.3. The minimum Gasteiger partial charge on any atom is -0.353 e. The van der Waals surface area contributed by atoms with Crippen molar-refractivity contribution in [1.82, 2.24) is 29.3 Å². The van der Waals surface area contributed by atoms with Crippen molar-refractivity contribution in [2.75, 3.05) is 31.1 Å². The highest BCUT2D eigenvalue weighted by molar-refractivity contribution is 5.87. The number of hydrogen-bond donors (Lipinski definition) is 0. The van der Waals surface area contributed by atoms with Crippen molar-refractivity contribution in [2.24, 2.45) is 13.0 Å². The highest BCUT2D eigenvalue weighted by Gasteiger charge is 2.31. The largest absolute Gasteiger partial charge is 0.353 e. The molecule has 9 heteroatoms. The minimum atomic E-state index is -0.138. The van der Waals surface area contributed by atoms with Gasteiger partial charge in [-0.15, -0.1) is 0 Å². The fourth-order valence-corrected chi connectivity index (χ4v) is 5.71. The van der Waals surface area contributed by atoms with Gasteiger partial charge in [0.05, 0.1) is 29.4 Å². The van der Waals surface area contributed by atoms with E-state index in [4.69, 9.17) is 4.98 Å². The average Bonchev–Trinajstić information content (AvgIpc) is 3.63. The molecule has 1 fully saturated rings. The van der Waals surface area contributed by atoms with E-state index in [1.165, 1.54) is 0 Å². The number of pyridine rings is 2. The Morgan fingerprint density at radius 2 is 1.68 bits per heavy atom. The van der Waals surface area contributed by atoms with Gasteiger partial charge in [0.1, 0.15) is 11.9 Å². The van der Waals surface area contributed by atoms with E-state index in [9.17, 15) is 10.1 Å². The zero-order valence-corrected chi connectivity index (χ0v) is 23.5. The maximum Gasteiger partial charge on any atom is 0.230 e. The number of carbonyl (C=O) groups is 1. The number of anilines is 1. The number of amides is 1. The van der Waals surface area contributed by atoms with Crippen LogP contribution in [0.1, 0.15) is 30.9 Å². The van der Waals surface area contributed by atoms with Crippen LogP contribution >= 0.6 is 0 Å². The van der Waals surface area contributed by atoms with Crippen LogP contribution in [-0.4, -0.2) is 61.4 Å². The second-order valence-electron chi connectivity index (χ2n) is 10.9. The molecule has 0 aliphatic carbocycles. The predicted molar refractivity (Wildman–Crippen MR) is 158 cm³/mol. The SMILES string of the molecule is CC(C)C(C(=O)N1CCN(c2ccc(-c3cc(-c4cnn(C)c4)cn4ncc(C#N)c34)cn2)CC1)c1ccccc1. The summed E-state index contributed by atoms with van der Waals surface area (Å²) in [7, 11) is 1.88. The van der Waals surface area contributed by atoms with Gasteiger partial charge in [-0.3, -0.25) is 9.48 Å². The number of nitriles is 1. The lowest BCUT2D eigenvalue weighted by molar-refractivity contribution is -0.134. The molecule has 6 rings (SSSR count). The second-order valence-corrected chi connectivity index (χ2v) is 10.9. The number of rotatable bonds is 6. The lowest BCUT2D eigenvalue weighted by atomic mass is 9.87. The molecule has 1 atom stereocenters. The van der Waals surface area contributed by atoms with Gasteiger partial charge in [0, 0.05) is 74.1 Å². The van der Waals surface area contributed by atoms with Crippen LogP contribution in [0.2, 0.25) is 0 Å². The molecule has 1 aliphatic rings. The number of benzene rings is 1. The zero-order valence-electron chi connectivity index (χ0n) is 23.5. The lowest BCUT2D eigenvalue weighted by Gasteiger charge is -2.37. The number of carbonyl (C=O) groups excluding carboxylic acids is 1. The molecule has 1 amide bonds. The standard InChI is InChI=1S/C32H32N8O/c1-22(2)30(23-7-5-4-6-8-23)32(41)39-13-11-38(12-14-39)29-10-9-24(17-34-29)28-15-25(27-19-35-37(3)20-27)21-40-31(28)26(16-33)18-36-40/h4-10,15,17-22,30H,11-14H2,1-3H3. The van der Waals surface area contributed by atoms with Crippen LogP contribution in [-0.2, 0) is 11.8 Å². The van der Waals surface area contributed by atoms with E-state index < -0.39 is 0 Å². The molecule has 0 bridgehead atoms. The Kier molecular flexibility index (Phi) is 6.98. The Labute approximate surface area is 239 Å². The van der Waals surface area contributed by atoms with Crippen molar-refractivity contribution >= 4 is 17.2 Å². The molecule has 0 saturated carbocycles. The van der Waals surface area contributed by atoms with Crippen LogP contribution in [0.25, 0.3) is 27.8 Å². The van der Waals surface area contributed by atoms with E-state index in [2.05, 4.69) is 41.1 Å². The van der Waals surface area contributed by atoms with E-state index in [-0.39, 0.29) is 17.7 Å². The molecule has 1 saturated heterocycles. The molecular weight excluding hydrogens is 512 g/mol. The van der Waals surface area contributed by atoms with Gasteiger partial charge in [0.15, 0.2) is 0 Å². The first-order valence-electron chi connectivity index (χ1n) is 13.9. The van der Waals surface area contributed by atoms with Crippen LogP contribution in [0.3, 0.4) is 0 Å². The third kappa shape index (κ3) is 5.05. The molecule has 5 heterocycles. The Morgan fingerprint density at radius 3 is 2.32 bits per heavy atom. The molecule has 5 aromatic rings. The molecule has 206 valence electrons. The monoisotopic (exact) mass is 544 g/mol. The molecule has 1 aromatic carbocycles. The number of hydrogen-bond acceptors (Lipinski definition) is 6. The van der Waals surface area contributed by atoms with Crippen molar-refractivity contribution in [2.45, 2.75) is 19.8 Å². The van der Waals surface area contributed by atoms with E-state index in [1.54, 1.807) is 15.4 Å². The first-order valence-corrected chi connectivity index (χ1v) is 13.9. The smallest absolute Gasteiger partial charge is 0.230 e. The number of fused-ring (bicyclic) bond motifs is 1. The fourth-order valence-electron chi connectivity index (χ4n) is 5.71. The van der Waals surface area contributed by atoms with Gasteiger partial charge in [-0.2, -0.15) is 15.5 Å². The molecular formula is C32H32N8O. The fraction of sp³-hybridized carbons (Fsp3) is 0.281. The summed E-state index contributed by atoms with van der Waals surface area (Å²) in [6, 6.07) is 18.5. The minimum absolute atomic E-state index is 0.138. The van der Waals surface area contributed by atoms with Crippen molar-refractivity contribution in [3.8, 4) is 28.3 Å². The molecule has 4 aromatic heterocycles. The summed E-state index contributed by atoms with van der Waals surface area (Å²) in [4.78, 5) is 22.5. The van der Waals surface area contributed by atoms with Gasteiger partial charge >= 0.3 is 0 Å². The topological polar surface area (TPSA) is 95.4 Å². The second kappa shape index (κ2) is 10.9. The summed E-state index contributed by atoms with van der Waals surface area (Å²) in [5.74, 6) is 1.15. The summed E-state index contributed by atoms with van der Waals surface area (Å²) >= 11 is 0. The van der Waals surface area contributed by atoms with Gasteiger partial charge in [-0.05, 0) is 29.7 Å². The maximum absolute atomic E-state index is 13.5. The van der Waals surface area contributed by atoms with Crippen LogP contribution in [0.4, 0.5) is 5.82 Å². The van der Waals surface area contributed by atoms with Crippen LogP contribution in [0, 0.1) is 17.2 Å². The highest BCUT2D eigenvalue weighted by atomic mass is 16.2. The highest BCUT2D eigenvalue weighted by Crippen LogP contribution is 2.33. The maximum atomic E-state index is 13.5. The molecule has 0 N–H and O–H groups in total. The van der Waals surface area contributed by atoms with Gasteiger partial charge in [0.2, 0.25) is 5.91 Å². The van der Waals surface area contributed by atoms with E-state index in [0.717, 1.165) is 52.2 Å². The van der Waals surface area contributed by atoms with E-state index in [0.29, 0.717) is 18.7 Å². The Bertz CT molecular complexity index is 1720. The van der Waals surface area contributed by atoms with Crippen molar-refractivity contribution in [3.63, 3.8) is 0 Å². The summed E-state index contributed by atoms with van der Waals surface area (Å²) in [5.41, 5.74) is 6.04. The quantitative estimate of drug-likeness (QED) is 0.306. The number of aromatic nitrogens is 5. The van der Waals surface area contributed by atoms with Gasteiger partial charge in [-0.1, -0.05) is 44.2 Å². The van der Waals surface area contributed by atoms with Crippen molar-refractivity contribution in [1.29, 1.82) is 5.26 Å². The Morgan fingerprint density at radius 1 is 0.902 bits per heavy atom. The normalized spacial score (nSPS) is 14.4. The molecule has 41 heavy (non-hydrogen) atoms.